The van der Waals surface area contributed by atoms with Crippen LogP contribution in [0.4, 0.5) is 0 Å². The van der Waals surface area contributed by atoms with Crippen molar-refractivity contribution in [2.45, 2.75) is 89.6 Å². The maximum Gasteiger partial charge on any atom is 0.338 e. The van der Waals surface area contributed by atoms with Gasteiger partial charge in [-0.2, -0.15) is 0 Å². The van der Waals surface area contributed by atoms with Gasteiger partial charge in [-0.1, -0.05) is 51.1 Å². The largest absolute Gasteiger partial charge is 0.456 e. The minimum atomic E-state index is -1.65. The number of fused-ring (bicyclic) bond motifs is 2. The smallest absolute Gasteiger partial charge is 0.338 e. The third-order valence-electron chi connectivity index (χ3n) is 6.68. The summed E-state index contributed by atoms with van der Waals surface area (Å²) in [7, 11) is 1.65. The Kier molecular flexibility index (Phi) is 9.89. The number of hydrogen-bond donors (Lipinski definition) is 3. The number of rotatable bonds is 5. The lowest BCUT2D eigenvalue weighted by Gasteiger charge is -2.31. The summed E-state index contributed by atoms with van der Waals surface area (Å²) in [4.78, 5) is 12.7. The molecule has 0 saturated carbocycles. The third-order valence-corrected chi connectivity index (χ3v) is 6.68. The molecule has 1 aliphatic heterocycles. The second-order valence-corrected chi connectivity index (χ2v) is 9.62. The van der Waals surface area contributed by atoms with E-state index in [1.165, 1.54) is 0 Å². The normalized spacial score (nSPS) is 28.5. The number of benzene rings is 1. The van der Waals surface area contributed by atoms with Crippen LogP contribution in [0.25, 0.3) is 0 Å². The molecule has 0 aliphatic carbocycles. The molecule has 1 aromatic carbocycles. The molecule has 0 amide bonds. The molecule has 0 radical (unpaired) electrons. The quantitative estimate of drug-likeness (QED) is 0.472. The lowest BCUT2D eigenvalue weighted by atomic mass is 9.78. The number of carbonyl (C=O) groups excluding carboxylic acids is 1. The maximum absolute atomic E-state index is 12.7. The topological polar surface area (TPSA) is 96.2 Å². The lowest BCUT2D eigenvalue weighted by molar-refractivity contribution is -0.164. The Labute approximate surface area is 192 Å². The van der Waals surface area contributed by atoms with Crippen molar-refractivity contribution in [1.29, 1.82) is 0 Å². The van der Waals surface area contributed by atoms with E-state index >= 15 is 0 Å². The van der Waals surface area contributed by atoms with E-state index in [4.69, 9.17) is 9.47 Å². The van der Waals surface area contributed by atoms with E-state index in [0.29, 0.717) is 6.42 Å². The molecule has 1 aliphatic rings. The van der Waals surface area contributed by atoms with Gasteiger partial charge < -0.3 is 24.8 Å². The Hall–Kier alpha value is -1.73. The van der Waals surface area contributed by atoms with Crippen molar-refractivity contribution in [2.75, 3.05) is 13.7 Å². The zero-order valence-electron chi connectivity index (χ0n) is 20.1. The number of carbonyl (C=O) groups is 1. The molecule has 0 aromatic heterocycles. The van der Waals surface area contributed by atoms with Gasteiger partial charge in [-0.15, -0.1) is 0 Å². The molecule has 1 aromatic rings. The summed E-state index contributed by atoms with van der Waals surface area (Å²) in [6.07, 6.45) is 1.24. The first-order valence-electron chi connectivity index (χ1n) is 11.6. The first kappa shape index (κ1) is 26.5. The van der Waals surface area contributed by atoms with E-state index in [1.54, 1.807) is 7.11 Å². The number of cyclic esters (lactones) is 1. The van der Waals surface area contributed by atoms with Gasteiger partial charge in [0.2, 0.25) is 0 Å². The van der Waals surface area contributed by atoms with E-state index < -0.39 is 24.3 Å². The first-order valence-corrected chi connectivity index (χ1v) is 11.6. The molecule has 32 heavy (non-hydrogen) atoms. The fourth-order valence-corrected chi connectivity index (χ4v) is 4.18. The number of hydrogen-bond acceptors (Lipinski definition) is 6. The lowest BCUT2D eigenvalue weighted by Crippen LogP contribution is -2.40. The molecule has 6 nitrogen and oxygen atoms in total. The van der Waals surface area contributed by atoms with Crippen LogP contribution in [0.2, 0.25) is 0 Å². The Morgan fingerprint density at radius 2 is 2.06 bits per heavy atom. The van der Waals surface area contributed by atoms with Gasteiger partial charge in [0.1, 0.15) is 6.10 Å². The second-order valence-electron chi connectivity index (χ2n) is 9.62. The van der Waals surface area contributed by atoms with Gasteiger partial charge in [0, 0.05) is 32.5 Å². The summed E-state index contributed by atoms with van der Waals surface area (Å²) >= 11 is 0. The van der Waals surface area contributed by atoms with Gasteiger partial charge >= 0.3 is 5.97 Å². The van der Waals surface area contributed by atoms with Gasteiger partial charge in [0.15, 0.2) is 6.10 Å². The second kappa shape index (κ2) is 11.9. The maximum atomic E-state index is 12.7. The van der Waals surface area contributed by atoms with Crippen LogP contribution in [0.1, 0.15) is 64.5 Å². The van der Waals surface area contributed by atoms with Gasteiger partial charge in [-0.05, 0) is 48.3 Å². The van der Waals surface area contributed by atoms with Crippen LogP contribution < -0.4 is 0 Å². The fraction of sp³-hybridized carbons (Fsp3) is 0.654. The molecule has 0 fully saturated rings. The average molecular weight is 449 g/mol. The number of esters is 1. The van der Waals surface area contributed by atoms with Gasteiger partial charge in [-0.3, -0.25) is 0 Å². The van der Waals surface area contributed by atoms with Crippen LogP contribution in [-0.2, 0) is 26.1 Å². The Morgan fingerprint density at radius 1 is 1.34 bits per heavy atom. The van der Waals surface area contributed by atoms with Gasteiger partial charge in [0.05, 0.1) is 12.2 Å². The molecule has 1 unspecified atom stereocenters. The van der Waals surface area contributed by atoms with Crippen LogP contribution in [0.15, 0.2) is 35.9 Å². The van der Waals surface area contributed by atoms with Crippen molar-refractivity contribution in [3.8, 4) is 0 Å². The highest BCUT2D eigenvalue weighted by molar-refractivity contribution is 5.75. The molecule has 3 N–H and O–H groups in total. The zero-order chi connectivity index (χ0) is 23.9. The summed E-state index contributed by atoms with van der Waals surface area (Å²) < 4.78 is 11.4. The minimum absolute atomic E-state index is 0.00941. The number of methoxy groups -OCH3 is 1. The number of aliphatic hydroxyl groups is 3. The summed E-state index contributed by atoms with van der Waals surface area (Å²) in [5.74, 6) is -0.891. The SMILES string of the molecule is CC[C@H](/C=C(/C)C1C[C@@H](OC)CCC(C)(C)c2cccc(c2)C[C@@H](O)[C@H](O)C(=O)O1)CO. The van der Waals surface area contributed by atoms with E-state index in [-0.39, 0.29) is 30.5 Å². The number of aliphatic hydroxyl groups excluding tert-OH is 3. The van der Waals surface area contributed by atoms with Crippen molar-refractivity contribution < 1.29 is 29.6 Å². The molecule has 5 atom stereocenters. The molecular formula is C26H40O6. The highest BCUT2D eigenvalue weighted by Crippen LogP contribution is 2.32. The van der Waals surface area contributed by atoms with Crippen molar-refractivity contribution in [2.24, 2.45) is 5.92 Å². The van der Waals surface area contributed by atoms with E-state index in [9.17, 15) is 20.1 Å². The van der Waals surface area contributed by atoms with Crippen LogP contribution in [0, 0.1) is 5.92 Å². The molecule has 0 spiro atoms. The summed E-state index contributed by atoms with van der Waals surface area (Å²) in [6, 6.07) is 7.94. The highest BCUT2D eigenvalue weighted by atomic mass is 16.6. The van der Waals surface area contributed by atoms with E-state index in [2.05, 4.69) is 19.9 Å². The highest BCUT2D eigenvalue weighted by Gasteiger charge is 2.32. The average Bonchev–Trinajstić information content (AvgIpc) is 2.78. The monoisotopic (exact) mass is 448 g/mol. The van der Waals surface area contributed by atoms with Crippen LogP contribution >= 0.6 is 0 Å². The predicted octanol–water partition coefficient (Wildman–Crippen LogP) is 3.30. The molecule has 6 heteroatoms. The molecule has 1 heterocycles. The Bertz CT molecular complexity index is 767. The minimum Gasteiger partial charge on any atom is -0.456 e. The van der Waals surface area contributed by atoms with Crippen LogP contribution in [-0.4, -0.2) is 59.4 Å². The van der Waals surface area contributed by atoms with Crippen molar-refractivity contribution in [3.63, 3.8) is 0 Å². The molecule has 2 rings (SSSR count). The molecular weight excluding hydrogens is 408 g/mol. The van der Waals surface area contributed by atoms with Crippen molar-refractivity contribution in [1.82, 2.24) is 0 Å². The molecule has 2 bridgehead atoms. The van der Waals surface area contributed by atoms with Crippen molar-refractivity contribution in [3.05, 3.63) is 47.0 Å². The summed E-state index contributed by atoms with van der Waals surface area (Å²) in [5.41, 5.74) is 2.70. The van der Waals surface area contributed by atoms with Crippen molar-refractivity contribution >= 4 is 5.97 Å². The third kappa shape index (κ3) is 7.14. The number of ether oxygens (including phenoxy) is 2. The predicted molar refractivity (Wildman–Crippen MR) is 124 cm³/mol. The molecule has 0 saturated heterocycles. The standard InChI is InChI=1S/C26H40O6/c1-6-18(16-27)12-17(2)23-15-21(31-5)10-11-26(3,4)20-9-7-8-19(13-20)14-22(28)24(29)25(30)32-23/h7-9,12-13,18,21-24,27-29H,6,10-11,14-16H2,1-5H3/b17-12-/t18-,21+,22-,23?,24+/m1/s1. The van der Waals surface area contributed by atoms with E-state index in [0.717, 1.165) is 36.0 Å². The van der Waals surface area contributed by atoms with Gasteiger partial charge in [-0.25, -0.2) is 4.79 Å². The fourth-order valence-electron chi connectivity index (χ4n) is 4.18. The van der Waals surface area contributed by atoms with Crippen LogP contribution in [0.3, 0.4) is 0 Å². The molecule has 180 valence electrons. The Morgan fingerprint density at radius 3 is 2.69 bits per heavy atom. The zero-order valence-corrected chi connectivity index (χ0v) is 20.1. The summed E-state index contributed by atoms with van der Waals surface area (Å²) in [6.45, 7) is 8.23. The van der Waals surface area contributed by atoms with Crippen LogP contribution in [0.5, 0.6) is 0 Å². The van der Waals surface area contributed by atoms with Gasteiger partial charge in [0.25, 0.3) is 0 Å². The first-order chi connectivity index (χ1) is 15.1. The van der Waals surface area contributed by atoms with E-state index in [1.807, 2.05) is 38.1 Å². The summed E-state index contributed by atoms with van der Waals surface area (Å²) in [5, 5.41) is 30.6. The Balaban J connectivity index is 2.40.